The number of hydrogen-bond donors (Lipinski definition) is 0. The Labute approximate surface area is 166 Å². The summed E-state index contributed by atoms with van der Waals surface area (Å²) in [5.74, 6) is -0.136. The Balaban J connectivity index is 1.78. The first-order valence-electron chi connectivity index (χ1n) is 8.24. The molecule has 0 N–H and O–H groups in total. The van der Waals surface area contributed by atoms with Gasteiger partial charge in [-0.05, 0) is 48.5 Å². The molecule has 3 aromatic rings. The fraction of sp³-hybridized carbons (Fsp3) is 0.100. The molecule has 1 heterocycles. The normalized spacial score (nSPS) is 10.9. The maximum absolute atomic E-state index is 13.8. The Hall–Kier alpha value is -3.32. The predicted molar refractivity (Wildman–Crippen MR) is 105 cm³/mol. The number of aliphatic imine (C=N–C) groups is 1. The van der Waals surface area contributed by atoms with Gasteiger partial charge in [-0.3, -0.25) is 4.79 Å². The molecule has 0 aliphatic carbocycles. The molecule has 2 aromatic carbocycles. The van der Waals surface area contributed by atoms with E-state index in [0.29, 0.717) is 22.2 Å². The van der Waals surface area contributed by atoms with E-state index in [1.165, 1.54) is 30.7 Å². The largest absolute Gasteiger partial charge is 0.454 e. The number of carbonyl (C=O) groups excluding carboxylic acids is 1. The lowest BCUT2D eigenvalue weighted by molar-refractivity contribution is 0.0997. The Bertz CT molecular complexity index is 1020. The van der Waals surface area contributed by atoms with Gasteiger partial charge in [0, 0.05) is 30.9 Å². The van der Waals surface area contributed by atoms with Crippen molar-refractivity contribution >= 4 is 23.8 Å². The van der Waals surface area contributed by atoms with E-state index in [4.69, 9.17) is 16.3 Å². The average Bonchev–Trinajstić information content (AvgIpc) is 2.69. The van der Waals surface area contributed by atoms with Gasteiger partial charge in [0.05, 0.1) is 6.34 Å². The first kappa shape index (κ1) is 19.4. The van der Waals surface area contributed by atoms with Gasteiger partial charge in [-0.2, -0.15) is 4.99 Å². The van der Waals surface area contributed by atoms with E-state index in [0.717, 1.165) is 0 Å². The van der Waals surface area contributed by atoms with Gasteiger partial charge in [0.2, 0.25) is 0 Å². The highest BCUT2D eigenvalue weighted by Gasteiger charge is 2.10. The van der Waals surface area contributed by atoms with E-state index in [9.17, 15) is 9.18 Å². The monoisotopic (exact) mass is 398 g/mol. The molecule has 0 aliphatic heterocycles. The fourth-order valence-corrected chi connectivity index (χ4v) is 2.37. The lowest BCUT2D eigenvalue weighted by Gasteiger charge is -2.08. The number of aromatic nitrogens is 2. The minimum atomic E-state index is -0.551. The lowest BCUT2D eigenvalue weighted by Crippen LogP contribution is -2.10. The summed E-state index contributed by atoms with van der Waals surface area (Å²) in [5.41, 5.74) is 0.863. The first-order chi connectivity index (χ1) is 13.4. The van der Waals surface area contributed by atoms with Crippen molar-refractivity contribution in [3.63, 3.8) is 0 Å². The molecule has 28 heavy (non-hydrogen) atoms. The van der Waals surface area contributed by atoms with Gasteiger partial charge in [-0.1, -0.05) is 11.6 Å². The van der Waals surface area contributed by atoms with Crippen molar-refractivity contribution in [3.8, 4) is 22.9 Å². The molecule has 0 fully saturated rings. The van der Waals surface area contributed by atoms with Crippen molar-refractivity contribution in [2.75, 3.05) is 14.1 Å². The van der Waals surface area contributed by atoms with Gasteiger partial charge < -0.3 is 9.64 Å². The third-order valence-corrected chi connectivity index (χ3v) is 3.75. The highest BCUT2D eigenvalue weighted by atomic mass is 35.5. The van der Waals surface area contributed by atoms with Gasteiger partial charge >= 0.3 is 0 Å². The zero-order valence-corrected chi connectivity index (χ0v) is 15.9. The summed E-state index contributed by atoms with van der Waals surface area (Å²) in [6.45, 7) is 0. The summed E-state index contributed by atoms with van der Waals surface area (Å²) in [4.78, 5) is 26.0. The standard InChI is InChI=1S/C20H16ClFN4O2/c1-26(2)12-24-20(27)17-9-10-23-19(25-17)13-3-6-15(7-4-13)28-18-8-5-14(21)11-16(18)22/h3-12H,1-2H3/b24-12+. The first-order valence-corrected chi connectivity index (χ1v) is 8.61. The van der Waals surface area contributed by atoms with Gasteiger partial charge in [-0.15, -0.1) is 0 Å². The zero-order valence-electron chi connectivity index (χ0n) is 15.1. The number of benzene rings is 2. The van der Waals surface area contributed by atoms with E-state index in [-0.39, 0.29) is 11.4 Å². The summed E-state index contributed by atoms with van der Waals surface area (Å²) in [6.07, 6.45) is 2.90. The van der Waals surface area contributed by atoms with Crippen LogP contribution < -0.4 is 4.74 Å². The van der Waals surface area contributed by atoms with Crippen LogP contribution >= 0.6 is 11.6 Å². The maximum Gasteiger partial charge on any atom is 0.297 e. The highest BCUT2D eigenvalue weighted by Crippen LogP contribution is 2.28. The molecule has 8 heteroatoms. The molecule has 1 aromatic heterocycles. The fourth-order valence-electron chi connectivity index (χ4n) is 2.21. The number of rotatable bonds is 5. The lowest BCUT2D eigenvalue weighted by atomic mass is 10.2. The minimum Gasteiger partial charge on any atom is -0.454 e. The Morgan fingerprint density at radius 1 is 1.18 bits per heavy atom. The van der Waals surface area contributed by atoms with Gasteiger partial charge in [-0.25, -0.2) is 14.4 Å². The van der Waals surface area contributed by atoms with Crippen LogP contribution in [0.25, 0.3) is 11.4 Å². The van der Waals surface area contributed by atoms with Crippen molar-refractivity contribution in [2.24, 2.45) is 4.99 Å². The van der Waals surface area contributed by atoms with Gasteiger partial charge in [0.1, 0.15) is 11.4 Å². The van der Waals surface area contributed by atoms with E-state index in [1.807, 2.05) is 0 Å². The topological polar surface area (TPSA) is 67.7 Å². The average molecular weight is 399 g/mol. The third kappa shape index (κ3) is 4.89. The van der Waals surface area contributed by atoms with E-state index in [2.05, 4.69) is 15.0 Å². The number of hydrogen-bond acceptors (Lipinski definition) is 4. The maximum atomic E-state index is 13.8. The molecule has 0 saturated heterocycles. The molecule has 0 spiro atoms. The summed E-state index contributed by atoms with van der Waals surface area (Å²) < 4.78 is 19.4. The molecule has 1 amide bonds. The van der Waals surface area contributed by atoms with E-state index < -0.39 is 11.7 Å². The van der Waals surface area contributed by atoms with Crippen molar-refractivity contribution in [1.82, 2.24) is 14.9 Å². The molecule has 0 saturated carbocycles. The second-order valence-electron chi connectivity index (χ2n) is 5.98. The number of nitrogens with zero attached hydrogens (tertiary/aromatic N) is 4. The molecule has 0 atom stereocenters. The second kappa shape index (κ2) is 8.58. The number of amides is 1. The molecule has 3 rings (SSSR count). The summed E-state index contributed by atoms with van der Waals surface area (Å²) >= 11 is 5.73. The summed E-state index contributed by atoms with van der Waals surface area (Å²) in [5, 5.41) is 0.293. The summed E-state index contributed by atoms with van der Waals surface area (Å²) in [6, 6.07) is 12.4. The molecule has 0 aliphatic rings. The summed E-state index contributed by atoms with van der Waals surface area (Å²) in [7, 11) is 3.53. The van der Waals surface area contributed by atoms with Crippen LogP contribution in [0.4, 0.5) is 4.39 Å². The molecule has 6 nitrogen and oxygen atoms in total. The molecule has 142 valence electrons. The van der Waals surface area contributed by atoms with Crippen LogP contribution in [-0.4, -0.2) is 41.2 Å². The predicted octanol–water partition coefficient (Wildman–Crippen LogP) is 4.46. The van der Waals surface area contributed by atoms with Crippen LogP contribution in [0.3, 0.4) is 0 Å². The third-order valence-electron chi connectivity index (χ3n) is 3.51. The Kier molecular flexibility index (Phi) is 5.96. The van der Waals surface area contributed by atoms with Crippen LogP contribution in [0.5, 0.6) is 11.5 Å². The number of halogens is 2. The van der Waals surface area contributed by atoms with Crippen LogP contribution in [-0.2, 0) is 0 Å². The molecular formula is C20H16ClFN4O2. The number of ether oxygens (including phenoxy) is 1. The molecule has 0 radical (unpaired) electrons. The van der Waals surface area contributed by atoms with Gasteiger partial charge in [0.25, 0.3) is 5.91 Å². The molecule has 0 bridgehead atoms. The van der Waals surface area contributed by atoms with E-state index >= 15 is 0 Å². The molecular weight excluding hydrogens is 383 g/mol. The Morgan fingerprint density at radius 3 is 2.61 bits per heavy atom. The smallest absolute Gasteiger partial charge is 0.297 e. The quantitative estimate of drug-likeness (QED) is 0.469. The second-order valence-corrected chi connectivity index (χ2v) is 6.42. The zero-order chi connectivity index (χ0) is 20.1. The number of carbonyl (C=O) groups is 1. The minimum absolute atomic E-state index is 0.0692. The van der Waals surface area contributed by atoms with Crippen molar-refractivity contribution in [2.45, 2.75) is 0 Å². The SMILES string of the molecule is CN(C)/C=N/C(=O)c1ccnc(-c2ccc(Oc3ccc(Cl)cc3F)cc2)n1. The molecule has 0 unspecified atom stereocenters. The van der Waals surface area contributed by atoms with Crippen molar-refractivity contribution in [1.29, 1.82) is 0 Å². The highest BCUT2D eigenvalue weighted by molar-refractivity contribution is 6.30. The van der Waals surface area contributed by atoms with Crippen LogP contribution in [0.1, 0.15) is 10.5 Å². The Morgan fingerprint density at radius 2 is 1.93 bits per heavy atom. The van der Waals surface area contributed by atoms with Crippen LogP contribution in [0.15, 0.2) is 59.7 Å². The van der Waals surface area contributed by atoms with E-state index in [1.54, 1.807) is 49.3 Å². The van der Waals surface area contributed by atoms with Crippen LogP contribution in [0, 0.1) is 5.82 Å². The van der Waals surface area contributed by atoms with Crippen molar-refractivity contribution < 1.29 is 13.9 Å². The van der Waals surface area contributed by atoms with Gasteiger partial charge in [0.15, 0.2) is 17.4 Å². The van der Waals surface area contributed by atoms with Crippen LogP contribution in [0.2, 0.25) is 5.02 Å². The van der Waals surface area contributed by atoms with Crippen molar-refractivity contribution in [3.05, 3.63) is 71.3 Å².